The van der Waals surface area contributed by atoms with E-state index in [4.69, 9.17) is 0 Å². The normalized spacial score (nSPS) is 10.1. The summed E-state index contributed by atoms with van der Waals surface area (Å²) in [6.07, 6.45) is 7.15. The summed E-state index contributed by atoms with van der Waals surface area (Å²) >= 11 is 3.49. The molecular formula is C42H26N4Pt2S2. The van der Waals surface area contributed by atoms with Crippen molar-refractivity contribution in [2.45, 2.75) is 0 Å². The van der Waals surface area contributed by atoms with E-state index in [0.717, 1.165) is 45.0 Å². The van der Waals surface area contributed by atoms with Crippen LogP contribution >= 0.6 is 22.7 Å². The molecular weight excluding hydrogens is 1010 g/mol. The fourth-order valence-corrected chi connectivity index (χ4v) is 6.48. The van der Waals surface area contributed by atoms with Crippen LogP contribution in [0.15, 0.2) is 157 Å². The molecule has 0 amide bonds. The Bertz CT molecular complexity index is 2030. The second-order valence-electron chi connectivity index (χ2n) is 10.4. The summed E-state index contributed by atoms with van der Waals surface area (Å²) in [6.45, 7) is 0. The van der Waals surface area contributed by atoms with Crippen LogP contribution in [0.25, 0.3) is 65.2 Å². The zero-order valence-electron chi connectivity index (χ0n) is 26.2. The standard InChI is InChI=1S/2C16H11N2.C10H4S2.2Pt/c2*1-3-10-17-15(8-1)13-6-5-7-14(12-13)16-9-2-4-11-18-16;1-3-11-9-6-10-8(2-4-12-10)5-7(1)9;;/h2*1-11H;3-6H;;/q2*-1;-2;2*+2. The number of hydrogen-bond acceptors (Lipinski definition) is 6. The molecule has 0 saturated heterocycles. The second-order valence-corrected chi connectivity index (χ2v) is 12.2. The van der Waals surface area contributed by atoms with E-state index in [0.29, 0.717) is 0 Å². The van der Waals surface area contributed by atoms with E-state index < -0.39 is 0 Å². The zero-order chi connectivity index (χ0) is 32.4. The molecule has 0 fully saturated rings. The first kappa shape index (κ1) is 36.8. The minimum absolute atomic E-state index is 0. The van der Waals surface area contributed by atoms with Crippen LogP contribution in [0.2, 0.25) is 0 Å². The van der Waals surface area contributed by atoms with Crippen molar-refractivity contribution in [2.75, 3.05) is 0 Å². The molecule has 0 aliphatic carbocycles. The summed E-state index contributed by atoms with van der Waals surface area (Å²) in [5, 5.41) is 6.44. The third-order valence-electron chi connectivity index (χ3n) is 7.24. The Morgan fingerprint density at radius 3 is 1.02 bits per heavy atom. The molecule has 50 heavy (non-hydrogen) atoms. The molecule has 0 bridgehead atoms. The first-order valence-electron chi connectivity index (χ1n) is 15.2. The van der Waals surface area contributed by atoms with E-state index in [1.165, 1.54) is 20.2 Å². The summed E-state index contributed by atoms with van der Waals surface area (Å²) in [6, 6.07) is 53.0. The first-order valence-corrected chi connectivity index (χ1v) is 16.9. The largest absolute Gasteiger partial charge is 2.00 e. The van der Waals surface area contributed by atoms with Gasteiger partial charge < -0.3 is 0 Å². The van der Waals surface area contributed by atoms with Crippen molar-refractivity contribution in [3.05, 3.63) is 181 Å². The molecule has 9 rings (SSSR count). The summed E-state index contributed by atoms with van der Waals surface area (Å²) in [7, 11) is 0. The molecule has 0 N–H and O–H groups in total. The van der Waals surface area contributed by atoms with Gasteiger partial charge in [-0.05, 0) is 24.3 Å². The van der Waals surface area contributed by atoms with Crippen LogP contribution in [-0.2, 0) is 42.1 Å². The van der Waals surface area contributed by atoms with Crippen molar-refractivity contribution < 1.29 is 42.1 Å². The molecule has 6 heterocycles. The molecule has 0 radical (unpaired) electrons. The Morgan fingerprint density at radius 2 is 0.720 bits per heavy atom. The Hall–Kier alpha value is -4.44. The third kappa shape index (κ3) is 9.41. The van der Waals surface area contributed by atoms with Crippen LogP contribution in [-0.4, -0.2) is 19.9 Å². The summed E-state index contributed by atoms with van der Waals surface area (Å²) < 4.78 is 2.64. The van der Waals surface area contributed by atoms with Crippen LogP contribution in [0.5, 0.6) is 0 Å². The van der Waals surface area contributed by atoms with Gasteiger partial charge in [-0.1, -0.05) is 90.9 Å². The predicted octanol–water partition coefficient (Wildman–Crippen LogP) is 10.9. The number of rotatable bonds is 4. The quantitative estimate of drug-likeness (QED) is 0.165. The topological polar surface area (TPSA) is 51.6 Å². The van der Waals surface area contributed by atoms with Gasteiger partial charge >= 0.3 is 42.1 Å². The van der Waals surface area contributed by atoms with Gasteiger partial charge in [0.2, 0.25) is 0 Å². The minimum Gasteiger partial charge on any atom is -0.295 e. The second kappa shape index (κ2) is 18.5. The first-order chi connectivity index (χ1) is 23.8. The number of thiophene rings is 2. The van der Waals surface area contributed by atoms with Crippen molar-refractivity contribution >= 4 is 42.8 Å². The monoisotopic (exact) mass is 1040 g/mol. The number of benzene rings is 3. The van der Waals surface area contributed by atoms with Crippen LogP contribution in [0.4, 0.5) is 0 Å². The van der Waals surface area contributed by atoms with Crippen LogP contribution < -0.4 is 0 Å². The van der Waals surface area contributed by atoms with Crippen LogP contribution in [0, 0.1) is 24.3 Å². The maximum absolute atomic E-state index is 4.33. The van der Waals surface area contributed by atoms with Crippen molar-refractivity contribution in [3.8, 4) is 45.0 Å². The maximum Gasteiger partial charge on any atom is 2.00 e. The predicted molar refractivity (Wildman–Crippen MR) is 198 cm³/mol. The van der Waals surface area contributed by atoms with Gasteiger partial charge in [-0.25, -0.2) is 22.7 Å². The number of pyridine rings is 4. The van der Waals surface area contributed by atoms with Gasteiger partial charge in [0.15, 0.2) is 0 Å². The van der Waals surface area contributed by atoms with Crippen molar-refractivity contribution in [2.24, 2.45) is 0 Å². The summed E-state index contributed by atoms with van der Waals surface area (Å²) in [5.74, 6) is 0. The smallest absolute Gasteiger partial charge is 0.295 e. The molecule has 9 aromatic rings. The van der Waals surface area contributed by atoms with Gasteiger partial charge in [0, 0.05) is 47.6 Å². The number of hydrogen-bond donors (Lipinski definition) is 0. The van der Waals surface area contributed by atoms with Gasteiger partial charge in [0.25, 0.3) is 0 Å². The number of aromatic nitrogens is 4. The Balaban J connectivity index is 0.000000146. The Labute approximate surface area is 328 Å². The number of nitrogens with zero attached hydrogens (tertiary/aromatic N) is 4. The molecule has 0 unspecified atom stereocenters. The molecule has 0 saturated carbocycles. The van der Waals surface area contributed by atoms with E-state index in [1.807, 2.05) is 120 Å². The SMILES string of the molecule is [Pt+2].[Pt+2].[c-]1c(-c2ccccn2)cccc1-c1ccccn1.[c-]1c(-c2ccccn2)cccc1-c1ccccn1.[c-]1csc2cc3sc[c-]c3cc12. The van der Waals surface area contributed by atoms with E-state index in [-0.39, 0.29) is 42.1 Å². The Kier molecular flexibility index (Phi) is 13.6. The zero-order valence-corrected chi connectivity index (χ0v) is 32.4. The fourth-order valence-electron chi connectivity index (χ4n) is 4.92. The maximum atomic E-state index is 4.33. The minimum atomic E-state index is 0. The van der Waals surface area contributed by atoms with Crippen LogP contribution in [0.1, 0.15) is 0 Å². The van der Waals surface area contributed by atoms with Crippen molar-refractivity contribution in [1.82, 2.24) is 19.9 Å². The molecule has 0 atom stereocenters. The molecule has 0 aliphatic rings. The van der Waals surface area contributed by atoms with E-state index in [2.05, 4.69) is 56.3 Å². The van der Waals surface area contributed by atoms with Gasteiger partial charge in [0.1, 0.15) is 0 Å². The van der Waals surface area contributed by atoms with E-state index >= 15 is 0 Å². The molecule has 0 spiro atoms. The number of fused-ring (bicyclic) bond motifs is 2. The van der Waals surface area contributed by atoms with E-state index in [9.17, 15) is 0 Å². The molecule has 246 valence electrons. The van der Waals surface area contributed by atoms with Gasteiger partial charge in [-0.2, -0.15) is 29.0 Å². The molecule has 4 nitrogen and oxygen atoms in total. The van der Waals surface area contributed by atoms with Gasteiger partial charge in [-0.3, -0.25) is 19.9 Å². The summed E-state index contributed by atoms with van der Waals surface area (Å²) in [5.41, 5.74) is 7.64. The van der Waals surface area contributed by atoms with Gasteiger partial charge in [-0.15, -0.1) is 54.6 Å². The molecule has 0 aliphatic heterocycles. The average molecular weight is 1040 g/mol. The summed E-state index contributed by atoms with van der Waals surface area (Å²) in [4.78, 5) is 17.3. The molecule has 3 aromatic carbocycles. The van der Waals surface area contributed by atoms with Crippen molar-refractivity contribution in [1.29, 1.82) is 0 Å². The molecule has 8 heteroatoms. The van der Waals surface area contributed by atoms with Crippen molar-refractivity contribution in [3.63, 3.8) is 0 Å². The van der Waals surface area contributed by atoms with Crippen LogP contribution in [0.3, 0.4) is 0 Å². The Morgan fingerprint density at radius 1 is 0.380 bits per heavy atom. The average Bonchev–Trinajstić information content (AvgIpc) is 3.85. The third-order valence-corrected chi connectivity index (χ3v) is 8.89. The van der Waals surface area contributed by atoms with E-state index in [1.54, 1.807) is 47.5 Å². The van der Waals surface area contributed by atoms with Gasteiger partial charge in [0.05, 0.1) is 0 Å². The fraction of sp³-hybridized carbons (Fsp3) is 0. The molecule has 6 aromatic heterocycles.